The van der Waals surface area contributed by atoms with Gasteiger partial charge in [-0.15, -0.1) is 0 Å². The van der Waals surface area contributed by atoms with Crippen LogP contribution in [0, 0.1) is 11.8 Å². The number of carbonyl (C=O) groups is 2. The molecule has 1 aliphatic carbocycles. The average molecular weight is 422 g/mol. The van der Waals surface area contributed by atoms with E-state index in [0.717, 1.165) is 34.5 Å². The van der Waals surface area contributed by atoms with E-state index in [1.807, 2.05) is 11.7 Å². The van der Waals surface area contributed by atoms with Gasteiger partial charge >= 0.3 is 0 Å². The van der Waals surface area contributed by atoms with Crippen molar-refractivity contribution in [1.82, 2.24) is 25.3 Å². The van der Waals surface area contributed by atoms with E-state index in [9.17, 15) is 9.59 Å². The average Bonchev–Trinajstić information content (AvgIpc) is 3.28. The van der Waals surface area contributed by atoms with Gasteiger partial charge in [-0.05, 0) is 81.2 Å². The molecule has 7 heteroatoms. The maximum absolute atomic E-state index is 12.4. The van der Waals surface area contributed by atoms with Crippen molar-refractivity contribution in [2.45, 2.75) is 50.0 Å². The van der Waals surface area contributed by atoms with E-state index < -0.39 is 0 Å². The third-order valence-corrected chi connectivity index (χ3v) is 8.37. The van der Waals surface area contributed by atoms with Gasteiger partial charge in [-0.25, -0.2) is 0 Å². The van der Waals surface area contributed by atoms with Gasteiger partial charge in [0.1, 0.15) is 0 Å². The first kappa shape index (κ1) is 19.4. The number of fused-ring (bicyclic) bond motifs is 2. The summed E-state index contributed by atoms with van der Waals surface area (Å²) in [6.07, 6.45) is 4.72. The Morgan fingerprint density at radius 1 is 1.10 bits per heavy atom. The number of hydrogen-bond acceptors (Lipinski definition) is 5. The maximum atomic E-state index is 12.4. The van der Waals surface area contributed by atoms with Crippen LogP contribution in [0.3, 0.4) is 0 Å². The summed E-state index contributed by atoms with van der Waals surface area (Å²) < 4.78 is 1.90. The normalized spacial score (nSPS) is 32.2. The number of rotatable bonds is 3. The summed E-state index contributed by atoms with van der Waals surface area (Å²) in [5.41, 5.74) is 3.27. The maximum Gasteiger partial charge on any atom is 0.235 e. The summed E-state index contributed by atoms with van der Waals surface area (Å²) in [5, 5.41) is 11.8. The Kier molecular flexibility index (Phi) is 4.65. The molecule has 2 N–H and O–H groups in total. The number of nitrogens with zero attached hydrogens (tertiary/aromatic N) is 3. The summed E-state index contributed by atoms with van der Waals surface area (Å²) in [5.74, 6) is 1.65. The molecule has 1 saturated carbocycles. The first-order valence-corrected chi connectivity index (χ1v) is 11.8. The van der Waals surface area contributed by atoms with Crippen molar-refractivity contribution in [3.63, 3.8) is 0 Å². The largest absolute Gasteiger partial charge is 0.316 e. The number of piperidine rings is 2. The van der Waals surface area contributed by atoms with Crippen LogP contribution in [0.15, 0.2) is 18.2 Å². The van der Waals surface area contributed by atoms with E-state index in [1.165, 1.54) is 51.0 Å². The second kappa shape index (κ2) is 7.41. The molecule has 4 unspecified atom stereocenters. The van der Waals surface area contributed by atoms with Crippen molar-refractivity contribution in [2.24, 2.45) is 18.9 Å². The van der Waals surface area contributed by atoms with Gasteiger partial charge in [0.2, 0.25) is 11.8 Å². The van der Waals surface area contributed by atoms with Gasteiger partial charge in [-0.3, -0.25) is 24.5 Å². The van der Waals surface area contributed by atoms with Crippen LogP contribution in [0.2, 0.25) is 0 Å². The summed E-state index contributed by atoms with van der Waals surface area (Å²) in [6, 6.07) is 7.46. The molecule has 4 fully saturated rings. The van der Waals surface area contributed by atoms with Gasteiger partial charge in [0.25, 0.3) is 0 Å². The Hall–Kier alpha value is -2.25. The van der Waals surface area contributed by atoms with Gasteiger partial charge in [-0.2, -0.15) is 5.10 Å². The Balaban J connectivity index is 1.18. The van der Waals surface area contributed by atoms with Crippen LogP contribution in [0.4, 0.5) is 0 Å². The Bertz CT molecular complexity index is 1040. The number of hydrogen-bond donors (Lipinski definition) is 2. The number of imide groups is 1. The molecule has 4 aliphatic rings. The van der Waals surface area contributed by atoms with Gasteiger partial charge in [-0.1, -0.05) is 12.1 Å². The predicted octanol–water partition coefficient (Wildman–Crippen LogP) is 1.88. The fourth-order valence-electron chi connectivity index (χ4n) is 6.50. The quantitative estimate of drug-likeness (QED) is 0.740. The van der Waals surface area contributed by atoms with Gasteiger partial charge < -0.3 is 5.32 Å². The monoisotopic (exact) mass is 421 g/mol. The Morgan fingerprint density at radius 2 is 1.94 bits per heavy atom. The topological polar surface area (TPSA) is 79.3 Å². The molecule has 4 atom stereocenters. The van der Waals surface area contributed by atoms with E-state index in [-0.39, 0.29) is 17.7 Å². The molecule has 2 aromatic rings. The molecule has 0 bridgehead atoms. The molecule has 0 radical (unpaired) electrons. The van der Waals surface area contributed by atoms with Gasteiger partial charge in [0.05, 0.1) is 17.1 Å². The molecule has 164 valence electrons. The zero-order chi connectivity index (χ0) is 21.1. The Labute approximate surface area is 182 Å². The highest BCUT2D eigenvalue weighted by molar-refractivity contribution is 6.02. The highest BCUT2D eigenvalue weighted by Crippen LogP contribution is 2.43. The second-order valence-electron chi connectivity index (χ2n) is 9.98. The van der Waals surface area contributed by atoms with Crippen LogP contribution >= 0.6 is 0 Å². The molecule has 1 aromatic carbocycles. The smallest absolute Gasteiger partial charge is 0.235 e. The molecule has 3 saturated heterocycles. The molecular formula is C24H31N5O2. The zero-order valence-electron chi connectivity index (χ0n) is 18.1. The lowest BCUT2D eigenvalue weighted by atomic mass is 9.70. The highest BCUT2D eigenvalue weighted by atomic mass is 16.2. The van der Waals surface area contributed by atoms with E-state index >= 15 is 0 Å². The van der Waals surface area contributed by atoms with Gasteiger partial charge in [0.15, 0.2) is 0 Å². The van der Waals surface area contributed by atoms with Crippen LogP contribution in [0.5, 0.6) is 0 Å². The fourth-order valence-corrected chi connectivity index (χ4v) is 6.50. The number of carbonyl (C=O) groups excluding carboxylic acids is 2. The highest BCUT2D eigenvalue weighted by Gasteiger charge is 2.46. The summed E-state index contributed by atoms with van der Waals surface area (Å²) in [7, 11) is 1.95. The lowest BCUT2D eigenvalue weighted by molar-refractivity contribution is -0.134. The number of likely N-dealkylation sites (tertiary alicyclic amines) is 1. The van der Waals surface area contributed by atoms with Crippen LogP contribution in [-0.2, 0) is 16.6 Å². The number of aromatic nitrogens is 2. The molecule has 1 aromatic heterocycles. The molecule has 3 aliphatic heterocycles. The lowest BCUT2D eigenvalue weighted by Crippen LogP contribution is -2.54. The Morgan fingerprint density at radius 3 is 2.71 bits per heavy atom. The minimum atomic E-state index is -0.341. The molecule has 4 heterocycles. The summed E-state index contributed by atoms with van der Waals surface area (Å²) in [4.78, 5) is 26.6. The number of aryl methyl sites for hydroxylation is 1. The molecule has 31 heavy (non-hydrogen) atoms. The minimum absolute atomic E-state index is 0.184. The van der Waals surface area contributed by atoms with E-state index in [0.29, 0.717) is 18.8 Å². The third-order valence-electron chi connectivity index (χ3n) is 8.37. The second-order valence-corrected chi connectivity index (χ2v) is 9.98. The third kappa shape index (κ3) is 3.21. The SMILES string of the molecule is Cn1nc(C2CCC(=O)NC2=O)c2ccc(C3CCN(C4CC5CNCC54)CC3)cc21. The van der Waals surface area contributed by atoms with Crippen LogP contribution in [0.1, 0.15) is 55.2 Å². The lowest BCUT2D eigenvalue weighted by Gasteiger charge is -2.49. The fraction of sp³-hybridized carbons (Fsp3) is 0.625. The first-order valence-electron chi connectivity index (χ1n) is 11.8. The van der Waals surface area contributed by atoms with Crippen molar-refractivity contribution in [2.75, 3.05) is 26.2 Å². The molecular weight excluding hydrogens is 390 g/mol. The summed E-state index contributed by atoms with van der Waals surface area (Å²) in [6.45, 7) is 4.83. The molecule has 0 spiro atoms. The standard InChI is InChI=1S/C24H31N5O2/c1-28-20-10-15(2-3-17(20)23(27-28)18-4-5-22(30)26-24(18)31)14-6-8-29(9-7-14)21-11-16-12-25-13-19(16)21/h2-3,10,14,16,18-19,21,25H,4-9,11-13H2,1H3,(H,26,30,31). The van der Waals surface area contributed by atoms with Crippen molar-refractivity contribution in [3.05, 3.63) is 29.5 Å². The minimum Gasteiger partial charge on any atom is -0.316 e. The van der Waals surface area contributed by atoms with Crippen LogP contribution < -0.4 is 10.6 Å². The van der Waals surface area contributed by atoms with Crippen LogP contribution in [0.25, 0.3) is 10.9 Å². The molecule has 6 rings (SSSR count). The number of nitrogens with one attached hydrogen (secondary N) is 2. The number of amides is 2. The zero-order valence-corrected chi connectivity index (χ0v) is 18.1. The van der Waals surface area contributed by atoms with E-state index in [2.05, 4.69) is 33.7 Å². The van der Waals surface area contributed by atoms with Crippen molar-refractivity contribution >= 4 is 22.7 Å². The van der Waals surface area contributed by atoms with Crippen molar-refractivity contribution in [1.29, 1.82) is 0 Å². The number of benzene rings is 1. The van der Waals surface area contributed by atoms with Gasteiger partial charge in [0, 0.05) is 24.9 Å². The summed E-state index contributed by atoms with van der Waals surface area (Å²) >= 11 is 0. The van der Waals surface area contributed by atoms with Crippen LogP contribution in [-0.4, -0.2) is 58.7 Å². The van der Waals surface area contributed by atoms with Crippen molar-refractivity contribution < 1.29 is 9.59 Å². The van der Waals surface area contributed by atoms with Crippen molar-refractivity contribution in [3.8, 4) is 0 Å². The molecule has 7 nitrogen and oxygen atoms in total. The molecule has 2 amide bonds. The van der Waals surface area contributed by atoms with E-state index in [1.54, 1.807) is 0 Å². The predicted molar refractivity (Wildman–Crippen MR) is 118 cm³/mol. The first-order chi connectivity index (χ1) is 15.1. The van der Waals surface area contributed by atoms with E-state index in [4.69, 9.17) is 5.10 Å².